The highest BCUT2D eigenvalue weighted by Crippen LogP contribution is 2.26. The predicted octanol–water partition coefficient (Wildman–Crippen LogP) is 4.33. The van der Waals surface area contributed by atoms with Crippen molar-refractivity contribution in [3.05, 3.63) is 52.8 Å². The Morgan fingerprint density at radius 1 is 1.22 bits per heavy atom. The number of aryl methyl sites for hydroxylation is 1. The van der Waals surface area contributed by atoms with Crippen LogP contribution in [0.3, 0.4) is 0 Å². The lowest BCUT2D eigenvalue weighted by Crippen LogP contribution is -1.85. The minimum Gasteiger partial charge on any atom is -0.338 e. The van der Waals surface area contributed by atoms with E-state index in [0.29, 0.717) is 16.4 Å². The smallest absolute Gasteiger partial charge is 0.138 e. The van der Waals surface area contributed by atoms with E-state index in [0.717, 1.165) is 16.6 Å². The lowest BCUT2D eigenvalue weighted by Gasteiger charge is -1.99. The zero-order chi connectivity index (χ0) is 12.7. The Labute approximate surface area is 108 Å². The Morgan fingerprint density at radius 3 is 2.78 bits per heavy atom. The summed E-state index contributed by atoms with van der Waals surface area (Å²) >= 11 is 6.07. The normalized spacial score (nSPS) is 11.1. The van der Waals surface area contributed by atoms with E-state index >= 15 is 0 Å². The van der Waals surface area contributed by atoms with Crippen LogP contribution < -0.4 is 0 Å². The van der Waals surface area contributed by atoms with Crippen LogP contribution in [0.15, 0.2) is 36.4 Å². The highest BCUT2D eigenvalue weighted by Gasteiger charge is 2.08. The lowest BCUT2D eigenvalue weighted by molar-refractivity contribution is 0.618. The molecular formula is C14H10ClFN2. The number of aromatic nitrogens is 2. The number of fused-ring (bicyclic) bond motifs is 1. The molecule has 0 fully saturated rings. The molecule has 0 amide bonds. The fraction of sp³-hybridized carbons (Fsp3) is 0.0714. The Balaban J connectivity index is 2.19. The van der Waals surface area contributed by atoms with Crippen LogP contribution in [0.1, 0.15) is 5.56 Å². The largest absolute Gasteiger partial charge is 0.338 e. The van der Waals surface area contributed by atoms with E-state index < -0.39 is 0 Å². The molecule has 2 aromatic carbocycles. The number of aromatic amines is 1. The molecule has 0 aliphatic rings. The van der Waals surface area contributed by atoms with Crippen LogP contribution in [0.5, 0.6) is 0 Å². The number of halogens is 2. The molecule has 0 aliphatic heterocycles. The molecule has 1 aromatic heterocycles. The summed E-state index contributed by atoms with van der Waals surface area (Å²) in [6, 6.07) is 10.5. The molecule has 0 radical (unpaired) electrons. The van der Waals surface area contributed by atoms with Gasteiger partial charge in [-0.25, -0.2) is 9.37 Å². The number of hydrogen-bond donors (Lipinski definition) is 1. The van der Waals surface area contributed by atoms with Gasteiger partial charge in [0.25, 0.3) is 0 Å². The molecule has 3 aromatic rings. The molecule has 4 heteroatoms. The van der Waals surface area contributed by atoms with Crippen molar-refractivity contribution in [2.45, 2.75) is 6.92 Å². The SMILES string of the molecule is Cc1cc(-c2nc3c(Cl)cccc3[nH]2)ccc1F. The number of imidazole rings is 1. The Bertz CT molecular complexity index is 734. The summed E-state index contributed by atoms with van der Waals surface area (Å²) in [6.45, 7) is 1.73. The summed E-state index contributed by atoms with van der Waals surface area (Å²) < 4.78 is 13.2. The van der Waals surface area contributed by atoms with Crippen molar-refractivity contribution < 1.29 is 4.39 Å². The van der Waals surface area contributed by atoms with Crippen LogP contribution in [-0.4, -0.2) is 9.97 Å². The highest BCUT2D eigenvalue weighted by atomic mass is 35.5. The van der Waals surface area contributed by atoms with E-state index in [2.05, 4.69) is 9.97 Å². The molecule has 3 rings (SSSR count). The van der Waals surface area contributed by atoms with Gasteiger partial charge in [0.2, 0.25) is 0 Å². The van der Waals surface area contributed by atoms with Crippen LogP contribution in [-0.2, 0) is 0 Å². The molecule has 1 heterocycles. The second kappa shape index (κ2) is 4.10. The Hall–Kier alpha value is -1.87. The van der Waals surface area contributed by atoms with Crippen molar-refractivity contribution in [1.82, 2.24) is 9.97 Å². The van der Waals surface area contributed by atoms with E-state index in [-0.39, 0.29) is 5.82 Å². The summed E-state index contributed by atoms with van der Waals surface area (Å²) in [4.78, 5) is 7.62. The van der Waals surface area contributed by atoms with E-state index in [1.165, 1.54) is 6.07 Å². The number of para-hydroxylation sites is 1. The molecular weight excluding hydrogens is 251 g/mol. The number of rotatable bonds is 1. The monoisotopic (exact) mass is 260 g/mol. The molecule has 0 saturated heterocycles. The summed E-state index contributed by atoms with van der Waals surface area (Å²) in [5.74, 6) is 0.481. The number of nitrogens with zero attached hydrogens (tertiary/aromatic N) is 1. The van der Waals surface area contributed by atoms with Crippen LogP contribution in [0.2, 0.25) is 5.02 Å². The Kier molecular flexibility index (Phi) is 2.56. The first-order chi connectivity index (χ1) is 8.65. The van der Waals surface area contributed by atoms with Gasteiger partial charge < -0.3 is 4.98 Å². The minimum absolute atomic E-state index is 0.215. The third kappa shape index (κ3) is 1.77. The topological polar surface area (TPSA) is 28.7 Å². The molecule has 0 aliphatic carbocycles. The molecule has 0 spiro atoms. The number of benzene rings is 2. The molecule has 1 N–H and O–H groups in total. The van der Waals surface area contributed by atoms with Crippen molar-refractivity contribution in [3.8, 4) is 11.4 Å². The second-order valence-corrected chi connectivity index (χ2v) is 4.59. The maximum absolute atomic E-state index is 13.2. The van der Waals surface area contributed by atoms with Crippen molar-refractivity contribution in [2.24, 2.45) is 0 Å². The first-order valence-corrected chi connectivity index (χ1v) is 5.94. The third-order valence-electron chi connectivity index (χ3n) is 2.89. The molecule has 18 heavy (non-hydrogen) atoms. The van der Waals surface area contributed by atoms with Gasteiger partial charge in [-0.15, -0.1) is 0 Å². The minimum atomic E-state index is -0.215. The van der Waals surface area contributed by atoms with E-state index in [1.807, 2.05) is 12.1 Å². The number of nitrogens with one attached hydrogen (secondary N) is 1. The van der Waals surface area contributed by atoms with Crippen molar-refractivity contribution in [1.29, 1.82) is 0 Å². The van der Waals surface area contributed by atoms with Gasteiger partial charge in [-0.3, -0.25) is 0 Å². The van der Waals surface area contributed by atoms with Gasteiger partial charge in [0.15, 0.2) is 0 Å². The summed E-state index contributed by atoms with van der Waals surface area (Å²) in [6.07, 6.45) is 0. The highest BCUT2D eigenvalue weighted by molar-refractivity contribution is 6.34. The average molecular weight is 261 g/mol. The fourth-order valence-electron chi connectivity index (χ4n) is 1.93. The zero-order valence-corrected chi connectivity index (χ0v) is 10.4. The van der Waals surface area contributed by atoms with E-state index in [9.17, 15) is 4.39 Å². The zero-order valence-electron chi connectivity index (χ0n) is 9.67. The maximum atomic E-state index is 13.2. The van der Waals surface area contributed by atoms with Gasteiger partial charge in [-0.05, 0) is 42.8 Å². The third-order valence-corrected chi connectivity index (χ3v) is 3.20. The Morgan fingerprint density at radius 2 is 2.06 bits per heavy atom. The second-order valence-electron chi connectivity index (χ2n) is 4.19. The summed E-state index contributed by atoms with van der Waals surface area (Å²) in [7, 11) is 0. The fourth-order valence-corrected chi connectivity index (χ4v) is 2.14. The summed E-state index contributed by atoms with van der Waals surface area (Å²) in [5.41, 5.74) is 3.05. The molecule has 0 saturated carbocycles. The standard InChI is InChI=1S/C14H10ClFN2/c1-8-7-9(5-6-11(8)16)14-17-12-4-2-3-10(15)13(12)18-14/h2-7H,1H3,(H,17,18). The van der Waals surface area contributed by atoms with Gasteiger partial charge in [0.05, 0.1) is 10.5 Å². The van der Waals surface area contributed by atoms with E-state index in [1.54, 1.807) is 25.1 Å². The molecule has 0 atom stereocenters. The summed E-state index contributed by atoms with van der Waals surface area (Å²) in [5, 5.41) is 0.605. The van der Waals surface area contributed by atoms with Gasteiger partial charge >= 0.3 is 0 Å². The average Bonchev–Trinajstić information content (AvgIpc) is 2.78. The van der Waals surface area contributed by atoms with Crippen LogP contribution >= 0.6 is 11.6 Å². The van der Waals surface area contributed by atoms with E-state index in [4.69, 9.17) is 11.6 Å². The molecule has 0 bridgehead atoms. The predicted molar refractivity (Wildman–Crippen MR) is 71.2 cm³/mol. The first-order valence-electron chi connectivity index (χ1n) is 5.56. The van der Waals surface area contributed by atoms with Crippen molar-refractivity contribution in [3.63, 3.8) is 0 Å². The van der Waals surface area contributed by atoms with Crippen LogP contribution in [0.4, 0.5) is 4.39 Å². The quantitative estimate of drug-likeness (QED) is 0.693. The van der Waals surface area contributed by atoms with Crippen LogP contribution in [0.25, 0.3) is 22.4 Å². The maximum Gasteiger partial charge on any atom is 0.138 e. The molecule has 0 unspecified atom stereocenters. The first kappa shape index (κ1) is 11.2. The van der Waals surface area contributed by atoms with Gasteiger partial charge in [0.1, 0.15) is 17.2 Å². The van der Waals surface area contributed by atoms with Crippen LogP contribution in [0, 0.1) is 12.7 Å². The number of H-pyrrole nitrogens is 1. The molecule has 2 nitrogen and oxygen atoms in total. The van der Waals surface area contributed by atoms with Gasteiger partial charge in [-0.1, -0.05) is 17.7 Å². The van der Waals surface area contributed by atoms with Crippen molar-refractivity contribution in [2.75, 3.05) is 0 Å². The molecule has 90 valence electrons. The number of hydrogen-bond acceptors (Lipinski definition) is 1. The lowest BCUT2D eigenvalue weighted by atomic mass is 10.1. The van der Waals surface area contributed by atoms with Gasteiger partial charge in [0, 0.05) is 5.56 Å². The van der Waals surface area contributed by atoms with Crippen molar-refractivity contribution >= 4 is 22.6 Å². The van der Waals surface area contributed by atoms with Gasteiger partial charge in [-0.2, -0.15) is 0 Å².